The lowest BCUT2D eigenvalue weighted by atomic mass is 9.44. The van der Waals surface area contributed by atoms with Gasteiger partial charge in [-0.15, -0.1) is 6.58 Å². The molecule has 1 spiro atoms. The number of ketones is 1. The molecular weight excluding hydrogens is 340 g/mol. The lowest BCUT2D eigenvalue weighted by Crippen LogP contribution is -2.62. The monoisotopic (exact) mass is 374 g/mol. The van der Waals surface area contributed by atoms with E-state index in [4.69, 9.17) is 9.47 Å². The van der Waals surface area contributed by atoms with Crippen LogP contribution in [0.5, 0.6) is 0 Å². The van der Waals surface area contributed by atoms with Crippen LogP contribution in [0.1, 0.15) is 59.8 Å². The fraction of sp³-hybridized carbons (Fsp3) is 0.783. The molecule has 4 rings (SSSR count). The van der Waals surface area contributed by atoms with Gasteiger partial charge >= 0.3 is 0 Å². The van der Waals surface area contributed by atoms with Gasteiger partial charge < -0.3 is 14.6 Å². The van der Waals surface area contributed by atoms with Gasteiger partial charge in [-0.05, 0) is 55.9 Å². The summed E-state index contributed by atoms with van der Waals surface area (Å²) in [6.07, 6.45) is 7.59. The van der Waals surface area contributed by atoms with Gasteiger partial charge in [-0.25, -0.2) is 0 Å². The molecule has 27 heavy (non-hydrogen) atoms. The zero-order valence-electron chi connectivity index (χ0n) is 17.2. The average Bonchev–Trinajstić information content (AvgIpc) is 2.60. The number of rotatable bonds is 1. The van der Waals surface area contributed by atoms with Crippen molar-refractivity contribution in [1.82, 2.24) is 0 Å². The summed E-state index contributed by atoms with van der Waals surface area (Å²) in [5.74, 6) is 0.185. The van der Waals surface area contributed by atoms with E-state index in [1.54, 1.807) is 0 Å². The predicted octanol–water partition coefficient (Wildman–Crippen LogP) is 4.03. The van der Waals surface area contributed by atoms with Crippen LogP contribution in [0.15, 0.2) is 24.3 Å². The first-order valence-electron chi connectivity index (χ1n) is 10.4. The molecule has 0 bridgehead atoms. The summed E-state index contributed by atoms with van der Waals surface area (Å²) in [4.78, 5) is 12.9. The number of ether oxygens (including phenoxy) is 2. The summed E-state index contributed by atoms with van der Waals surface area (Å²) in [7, 11) is 0. The number of aliphatic hydroxyl groups excluding tert-OH is 1. The van der Waals surface area contributed by atoms with Crippen molar-refractivity contribution >= 4 is 5.78 Å². The summed E-state index contributed by atoms with van der Waals surface area (Å²) in [6, 6.07) is 0. The zero-order valence-corrected chi connectivity index (χ0v) is 17.2. The molecule has 150 valence electrons. The minimum Gasteiger partial charge on any atom is -0.389 e. The Labute approximate surface area is 163 Å². The molecule has 2 saturated carbocycles. The van der Waals surface area contributed by atoms with Crippen LogP contribution in [0.2, 0.25) is 0 Å². The number of carbonyl (C=O) groups excluding carboxylic acids is 1. The summed E-state index contributed by atoms with van der Waals surface area (Å²) >= 11 is 0. The zero-order chi connectivity index (χ0) is 19.7. The first-order valence-corrected chi connectivity index (χ1v) is 10.4. The normalized spacial score (nSPS) is 45.6. The van der Waals surface area contributed by atoms with Gasteiger partial charge in [-0.1, -0.05) is 26.0 Å². The van der Waals surface area contributed by atoms with Gasteiger partial charge in [0.15, 0.2) is 5.79 Å². The van der Waals surface area contributed by atoms with E-state index in [9.17, 15) is 9.90 Å². The molecule has 4 heteroatoms. The maximum absolute atomic E-state index is 12.9. The highest BCUT2D eigenvalue weighted by atomic mass is 16.7. The third kappa shape index (κ3) is 2.95. The van der Waals surface area contributed by atoms with Crippen LogP contribution in [0.25, 0.3) is 0 Å². The van der Waals surface area contributed by atoms with Crippen molar-refractivity contribution in [3.63, 3.8) is 0 Å². The molecule has 0 radical (unpaired) electrons. The molecule has 4 aliphatic rings. The van der Waals surface area contributed by atoms with E-state index in [1.807, 2.05) is 19.9 Å². The Bertz CT molecular complexity index is 682. The van der Waals surface area contributed by atoms with Gasteiger partial charge in [-0.2, -0.15) is 0 Å². The van der Waals surface area contributed by atoms with Crippen molar-refractivity contribution < 1.29 is 19.4 Å². The minimum absolute atomic E-state index is 0.0620. The van der Waals surface area contributed by atoms with Crippen LogP contribution in [0.4, 0.5) is 0 Å². The lowest BCUT2D eigenvalue weighted by molar-refractivity contribution is -0.308. The third-order valence-electron chi connectivity index (χ3n) is 8.05. The van der Waals surface area contributed by atoms with Crippen molar-refractivity contribution in [3.05, 3.63) is 24.3 Å². The molecule has 1 saturated heterocycles. The van der Waals surface area contributed by atoms with Gasteiger partial charge in [0.2, 0.25) is 0 Å². The molecule has 3 aliphatic carbocycles. The van der Waals surface area contributed by atoms with Crippen molar-refractivity contribution in [3.8, 4) is 0 Å². The maximum atomic E-state index is 12.9. The number of allylic oxidation sites excluding steroid dienone is 2. The summed E-state index contributed by atoms with van der Waals surface area (Å²) in [6.45, 7) is 13.4. The van der Waals surface area contributed by atoms with Crippen LogP contribution in [-0.2, 0) is 14.3 Å². The molecule has 5 atom stereocenters. The van der Waals surface area contributed by atoms with E-state index < -0.39 is 11.9 Å². The molecule has 3 fully saturated rings. The fourth-order valence-electron chi connectivity index (χ4n) is 6.47. The molecule has 1 aliphatic heterocycles. The average molecular weight is 375 g/mol. The largest absolute Gasteiger partial charge is 0.389 e. The summed E-state index contributed by atoms with van der Waals surface area (Å²) in [5, 5.41) is 11.1. The lowest BCUT2D eigenvalue weighted by Gasteiger charge is -2.62. The number of hydrogen-bond donors (Lipinski definition) is 1. The minimum atomic E-state index is -0.600. The summed E-state index contributed by atoms with van der Waals surface area (Å²) in [5.41, 5.74) is 0.612. The Hall–Kier alpha value is -0.970. The Morgan fingerprint density at radius 1 is 1.19 bits per heavy atom. The van der Waals surface area contributed by atoms with E-state index in [-0.39, 0.29) is 28.1 Å². The molecular formula is C23H34O4. The first kappa shape index (κ1) is 19.4. The number of Topliss-reactive ketones (excluding diaryl/α,β-unsaturated/α-hetero) is 1. The molecule has 4 nitrogen and oxygen atoms in total. The van der Waals surface area contributed by atoms with Crippen LogP contribution in [0, 0.1) is 28.1 Å². The van der Waals surface area contributed by atoms with Crippen LogP contribution in [0.3, 0.4) is 0 Å². The smallest absolute Gasteiger partial charge is 0.162 e. The van der Waals surface area contributed by atoms with Gasteiger partial charge in [0, 0.05) is 23.7 Å². The molecule has 1 heterocycles. The third-order valence-corrected chi connectivity index (χ3v) is 8.05. The van der Waals surface area contributed by atoms with Crippen molar-refractivity contribution in [1.29, 1.82) is 0 Å². The quantitative estimate of drug-likeness (QED) is 0.704. The fourth-order valence-corrected chi connectivity index (χ4v) is 6.47. The van der Waals surface area contributed by atoms with Crippen LogP contribution >= 0.6 is 0 Å². The standard InChI is InChI=1S/C23H34O4/c1-6-21(4)8-7-17-16(12-21)18(25)9-19-22(17,5)10-15(24)11-23(19)13-26-20(2,3)27-14-23/h6,12,17-19,25H,1,7-11,13-14H2,2-5H3/t17?,18-,19?,21+,22-/m0/s1. The molecule has 1 N–H and O–H groups in total. The Kier molecular flexibility index (Phi) is 4.31. The molecule has 0 aromatic carbocycles. The maximum Gasteiger partial charge on any atom is 0.162 e. The Balaban J connectivity index is 1.73. The topological polar surface area (TPSA) is 55.8 Å². The van der Waals surface area contributed by atoms with E-state index in [1.165, 1.54) is 0 Å². The van der Waals surface area contributed by atoms with E-state index in [2.05, 4.69) is 26.5 Å². The van der Waals surface area contributed by atoms with E-state index in [0.717, 1.165) is 18.4 Å². The van der Waals surface area contributed by atoms with Gasteiger partial charge in [0.25, 0.3) is 0 Å². The van der Waals surface area contributed by atoms with Crippen molar-refractivity contribution in [2.24, 2.45) is 28.1 Å². The second-order valence-corrected chi connectivity index (χ2v) is 10.5. The second-order valence-electron chi connectivity index (χ2n) is 10.5. The van der Waals surface area contributed by atoms with Gasteiger partial charge in [-0.3, -0.25) is 4.79 Å². The second kappa shape index (κ2) is 6.01. The number of aliphatic hydroxyl groups is 1. The number of carbonyl (C=O) groups is 1. The summed E-state index contributed by atoms with van der Waals surface area (Å²) < 4.78 is 12.1. The van der Waals surface area contributed by atoms with E-state index >= 15 is 0 Å². The first-order chi connectivity index (χ1) is 12.5. The SMILES string of the molecule is C=C[C@@]1(C)C=C2C(CC1)[C@]1(C)CC(=O)CC3(COC(C)(C)OC3)C1C[C@@H]2O. The molecule has 0 amide bonds. The highest BCUT2D eigenvalue weighted by Crippen LogP contribution is 2.64. The van der Waals surface area contributed by atoms with Gasteiger partial charge in [0.05, 0.1) is 19.3 Å². The van der Waals surface area contributed by atoms with Crippen molar-refractivity contribution in [2.45, 2.75) is 71.7 Å². The van der Waals surface area contributed by atoms with Gasteiger partial charge in [0.1, 0.15) is 5.78 Å². The van der Waals surface area contributed by atoms with Crippen LogP contribution < -0.4 is 0 Å². The molecule has 2 unspecified atom stereocenters. The Morgan fingerprint density at radius 2 is 1.85 bits per heavy atom. The van der Waals surface area contributed by atoms with Crippen LogP contribution in [-0.4, -0.2) is 36.0 Å². The van der Waals surface area contributed by atoms with E-state index in [0.29, 0.717) is 38.3 Å². The molecule has 0 aromatic rings. The number of fused-ring (bicyclic) bond motifs is 4. The highest BCUT2D eigenvalue weighted by molar-refractivity contribution is 5.81. The molecule has 0 aromatic heterocycles. The highest BCUT2D eigenvalue weighted by Gasteiger charge is 2.62. The number of hydrogen-bond acceptors (Lipinski definition) is 4. The Morgan fingerprint density at radius 3 is 2.48 bits per heavy atom. The predicted molar refractivity (Wildman–Crippen MR) is 104 cm³/mol. The van der Waals surface area contributed by atoms with Crippen molar-refractivity contribution in [2.75, 3.05) is 13.2 Å².